The highest BCUT2D eigenvalue weighted by molar-refractivity contribution is 5.83. The lowest BCUT2D eigenvalue weighted by Crippen LogP contribution is -1.99. The lowest BCUT2D eigenvalue weighted by molar-refractivity contribution is 0.584. The highest BCUT2D eigenvalue weighted by Crippen LogP contribution is 2.22. The van der Waals surface area contributed by atoms with Crippen molar-refractivity contribution >= 4 is 10.9 Å². The van der Waals surface area contributed by atoms with Gasteiger partial charge >= 0.3 is 0 Å². The van der Waals surface area contributed by atoms with E-state index in [2.05, 4.69) is 10.8 Å². The summed E-state index contributed by atoms with van der Waals surface area (Å²) in [7, 11) is 0. The Bertz CT molecular complexity index is 516. The van der Waals surface area contributed by atoms with Crippen LogP contribution < -0.4 is 5.73 Å². The van der Waals surface area contributed by atoms with Gasteiger partial charge in [0.25, 0.3) is 0 Å². The van der Waals surface area contributed by atoms with Crippen LogP contribution in [0.3, 0.4) is 0 Å². The summed E-state index contributed by atoms with van der Waals surface area (Å²) in [6.07, 6.45) is 6.78. The SMILES string of the molecule is Cc1cn(CCCCCCN)c2ccc(F)cc12. The first-order valence-electron chi connectivity index (χ1n) is 6.67. The Balaban J connectivity index is 2.05. The molecule has 98 valence electrons. The van der Waals surface area contributed by atoms with Crippen LogP contribution in [0.4, 0.5) is 4.39 Å². The smallest absolute Gasteiger partial charge is 0.123 e. The molecule has 18 heavy (non-hydrogen) atoms. The minimum Gasteiger partial charge on any atom is -0.347 e. The summed E-state index contributed by atoms with van der Waals surface area (Å²) in [4.78, 5) is 0. The van der Waals surface area contributed by atoms with Crippen LogP contribution in [0.15, 0.2) is 24.4 Å². The molecule has 0 aliphatic heterocycles. The molecule has 0 spiro atoms. The number of rotatable bonds is 6. The van der Waals surface area contributed by atoms with Crippen LogP contribution in [-0.4, -0.2) is 11.1 Å². The summed E-state index contributed by atoms with van der Waals surface area (Å²) in [5, 5.41) is 1.02. The molecule has 0 atom stereocenters. The number of aryl methyl sites for hydroxylation is 2. The van der Waals surface area contributed by atoms with Crippen molar-refractivity contribution in [3.05, 3.63) is 35.8 Å². The fraction of sp³-hybridized carbons (Fsp3) is 0.467. The molecular formula is C15H21FN2. The van der Waals surface area contributed by atoms with Gasteiger partial charge < -0.3 is 10.3 Å². The van der Waals surface area contributed by atoms with Crippen LogP contribution >= 0.6 is 0 Å². The molecule has 0 unspecified atom stereocenters. The molecule has 2 rings (SSSR count). The van der Waals surface area contributed by atoms with Gasteiger partial charge in [0.05, 0.1) is 0 Å². The molecule has 0 fully saturated rings. The van der Waals surface area contributed by atoms with Crippen LogP contribution in [-0.2, 0) is 6.54 Å². The lowest BCUT2D eigenvalue weighted by Gasteiger charge is -2.05. The Labute approximate surface area is 108 Å². The van der Waals surface area contributed by atoms with Crippen molar-refractivity contribution < 1.29 is 4.39 Å². The molecule has 0 radical (unpaired) electrons. The van der Waals surface area contributed by atoms with E-state index in [0.717, 1.165) is 42.4 Å². The number of nitrogens with two attached hydrogens (primary N) is 1. The molecule has 2 nitrogen and oxygen atoms in total. The monoisotopic (exact) mass is 248 g/mol. The molecular weight excluding hydrogens is 227 g/mol. The zero-order chi connectivity index (χ0) is 13.0. The molecule has 3 heteroatoms. The Morgan fingerprint density at radius 2 is 1.94 bits per heavy atom. The van der Waals surface area contributed by atoms with Crippen molar-refractivity contribution in [2.24, 2.45) is 5.73 Å². The Hall–Kier alpha value is -1.35. The molecule has 0 aliphatic carbocycles. The molecule has 2 N–H and O–H groups in total. The van der Waals surface area contributed by atoms with Gasteiger partial charge in [0.2, 0.25) is 0 Å². The molecule has 0 saturated heterocycles. The van der Waals surface area contributed by atoms with Gasteiger partial charge in [-0.2, -0.15) is 0 Å². The van der Waals surface area contributed by atoms with E-state index >= 15 is 0 Å². The standard InChI is InChI=1S/C15H21FN2/c1-12-11-18(9-5-3-2-4-8-17)15-7-6-13(16)10-14(12)15/h6-7,10-11H,2-5,8-9,17H2,1H3. The molecule has 1 aromatic heterocycles. The van der Waals surface area contributed by atoms with E-state index in [0.29, 0.717) is 0 Å². The van der Waals surface area contributed by atoms with E-state index in [1.54, 1.807) is 6.07 Å². The van der Waals surface area contributed by atoms with Gasteiger partial charge in [-0.3, -0.25) is 0 Å². The molecule has 1 aromatic carbocycles. The summed E-state index contributed by atoms with van der Waals surface area (Å²) < 4.78 is 15.4. The van der Waals surface area contributed by atoms with E-state index in [-0.39, 0.29) is 5.82 Å². The molecule has 0 bridgehead atoms. The molecule has 0 aliphatic rings. The quantitative estimate of drug-likeness (QED) is 0.778. The van der Waals surface area contributed by atoms with Crippen LogP contribution in [0, 0.1) is 12.7 Å². The van der Waals surface area contributed by atoms with E-state index < -0.39 is 0 Å². The van der Waals surface area contributed by atoms with Gasteiger partial charge in [-0.05, 0) is 50.1 Å². The van der Waals surface area contributed by atoms with Gasteiger partial charge in [-0.1, -0.05) is 12.8 Å². The molecule has 0 amide bonds. The molecule has 0 saturated carbocycles. The van der Waals surface area contributed by atoms with Crippen molar-refractivity contribution in [3.63, 3.8) is 0 Å². The Kier molecular flexibility index (Phi) is 4.37. The summed E-state index contributed by atoms with van der Waals surface area (Å²) >= 11 is 0. The average Bonchev–Trinajstić information content (AvgIpc) is 2.66. The number of hydrogen-bond acceptors (Lipinski definition) is 1. The summed E-state index contributed by atoms with van der Waals surface area (Å²) in [5.74, 6) is -0.161. The second-order valence-electron chi connectivity index (χ2n) is 4.87. The molecule has 1 heterocycles. The molecule has 2 aromatic rings. The Morgan fingerprint density at radius 3 is 2.72 bits per heavy atom. The number of benzene rings is 1. The van der Waals surface area contributed by atoms with E-state index in [1.165, 1.54) is 18.9 Å². The minimum absolute atomic E-state index is 0.161. The van der Waals surface area contributed by atoms with E-state index in [1.807, 2.05) is 13.0 Å². The van der Waals surface area contributed by atoms with Gasteiger partial charge in [0, 0.05) is 23.6 Å². The van der Waals surface area contributed by atoms with Gasteiger partial charge in [0.1, 0.15) is 5.82 Å². The third-order valence-electron chi connectivity index (χ3n) is 3.40. The predicted octanol–water partition coefficient (Wildman–Crippen LogP) is 3.61. The fourth-order valence-corrected chi connectivity index (χ4v) is 2.41. The Morgan fingerprint density at radius 1 is 1.17 bits per heavy atom. The highest BCUT2D eigenvalue weighted by atomic mass is 19.1. The van der Waals surface area contributed by atoms with Gasteiger partial charge in [-0.25, -0.2) is 4.39 Å². The normalized spacial score (nSPS) is 11.3. The maximum Gasteiger partial charge on any atom is 0.123 e. The summed E-state index contributed by atoms with van der Waals surface area (Å²) in [6.45, 7) is 3.82. The number of hydrogen-bond donors (Lipinski definition) is 1. The zero-order valence-corrected chi connectivity index (χ0v) is 11.0. The van der Waals surface area contributed by atoms with E-state index in [4.69, 9.17) is 5.73 Å². The van der Waals surface area contributed by atoms with Gasteiger partial charge in [0.15, 0.2) is 0 Å². The van der Waals surface area contributed by atoms with Crippen molar-refractivity contribution in [1.29, 1.82) is 0 Å². The number of nitrogens with zero attached hydrogens (tertiary/aromatic N) is 1. The largest absolute Gasteiger partial charge is 0.347 e. The topological polar surface area (TPSA) is 30.9 Å². The fourth-order valence-electron chi connectivity index (χ4n) is 2.41. The third kappa shape index (κ3) is 2.91. The van der Waals surface area contributed by atoms with Gasteiger partial charge in [-0.15, -0.1) is 0 Å². The number of unbranched alkanes of at least 4 members (excludes halogenated alkanes) is 3. The average molecular weight is 248 g/mol. The van der Waals surface area contributed by atoms with Crippen LogP contribution in [0.5, 0.6) is 0 Å². The second-order valence-corrected chi connectivity index (χ2v) is 4.87. The van der Waals surface area contributed by atoms with Crippen molar-refractivity contribution in [1.82, 2.24) is 4.57 Å². The number of aromatic nitrogens is 1. The first-order valence-corrected chi connectivity index (χ1v) is 6.67. The minimum atomic E-state index is -0.161. The maximum atomic E-state index is 13.2. The highest BCUT2D eigenvalue weighted by Gasteiger charge is 2.05. The van der Waals surface area contributed by atoms with Crippen LogP contribution in [0.2, 0.25) is 0 Å². The first-order chi connectivity index (χ1) is 8.72. The van der Waals surface area contributed by atoms with Crippen LogP contribution in [0.25, 0.3) is 10.9 Å². The zero-order valence-electron chi connectivity index (χ0n) is 11.0. The summed E-state index contributed by atoms with van der Waals surface area (Å²) in [6, 6.07) is 5.03. The maximum absolute atomic E-state index is 13.2. The van der Waals surface area contributed by atoms with Crippen molar-refractivity contribution in [2.45, 2.75) is 39.2 Å². The second kappa shape index (κ2) is 6.01. The number of halogens is 1. The lowest BCUT2D eigenvalue weighted by atomic mass is 10.2. The van der Waals surface area contributed by atoms with E-state index in [9.17, 15) is 4.39 Å². The van der Waals surface area contributed by atoms with Crippen LogP contribution in [0.1, 0.15) is 31.2 Å². The first kappa shape index (κ1) is 13.1. The summed E-state index contributed by atoms with van der Waals surface area (Å²) in [5.41, 5.74) is 7.75. The van der Waals surface area contributed by atoms with Crippen molar-refractivity contribution in [2.75, 3.05) is 6.54 Å². The van der Waals surface area contributed by atoms with Crippen molar-refractivity contribution in [3.8, 4) is 0 Å². The third-order valence-corrected chi connectivity index (χ3v) is 3.40. The number of fused-ring (bicyclic) bond motifs is 1. The predicted molar refractivity (Wildman–Crippen MR) is 74.2 cm³/mol.